The van der Waals surface area contributed by atoms with Gasteiger partial charge in [0.2, 0.25) is 0 Å². The predicted octanol–water partition coefficient (Wildman–Crippen LogP) is 3.13. The van der Waals surface area contributed by atoms with Crippen LogP contribution in [0.3, 0.4) is 0 Å². The smallest absolute Gasteiger partial charge is 0.315 e. The van der Waals surface area contributed by atoms with Gasteiger partial charge in [0.05, 0.1) is 12.8 Å². The number of carboxylic acids is 1. The summed E-state index contributed by atoms with van der Waals surface area (Å²) in [5, 5.41) is 20.1. The molecule has 136 valence electrons. The van der Waals surface area contributed by atoms with Gasteiger partial charge in [0, 0.05) is 34.2 Å². The summed E-state index contributed by atoms with van der Waals surface area (Å²) in [6.45, 7) is 0. The summed E-state index contributed by atoms with van der Waals surface area (Å²) >= 11 is 0. The number of phenols is 1. The molecule has 2 aromatic carbocycles. The number of ether oxygens (including phenoxy) is 1. The zero-order valence-electron chi connectivity index (χ0n) is 14.2. The van der Waals surface area contributed by atoms with E-state index in [-0.39, 0.29) is 18.6 Å². The van der Waals surface area contributed by atoms with Gasteiger partial charge in [-0.15, -0.1) is 0 Å². The third-order valence-corrected chi connectivity index (χ3v) is 4.40. The first-order valence-corrected chi connectivity index (χ1v) is 8.31. The number of carboxylic acid groups (broad SMARTS) is 1. The zero-order chi connectivity index (χ0) is 19.0. The predicted molar refractivity (Wildman–Crippen MR) is 98.9 cm³/mol. The van der Waals surface area contributed by atoms with Crippen LogP contribution >= 0.6 is 0 Å². The monoisotopic (exact) mass is 364 g/mol. The van der Waals surface area contributed by atoms with E-state index in [1.54, 1.807) is 48.8 Å². The molecule has 2 heterocycles. The molecule has 0 saturated carbocycles. The van der Waals surface area contributed by atoms with Gasteiger partial charge in [0.1, 0.15) is 11.5 Å². The number of H-pyrrole nitrogens is 2. The molecular formula is C20H16N2O5. The fourth-order valence-corrected chi connectivity index (χ4v) is 3.17. The topological polar surface area (TPSA) is 115 Å². The average Bonchev–Trinajstić information content (AvgIpc) is 3.19. The number of nitrogens with one attached hydrogen (secondary N) is 2. The van der Waals surface area contributed by atoms with Crippen molar-refractivity contribution >= 4 is 33.7 Å². The first-order chi connectivity index (χ1) is 13.0. The van der Waals surface area contributed by atoms with Crippen molar-refractivity contribution in [3.8, 4) is 11.5 Å². The van der Waals surface area contributed by atoms with Crippen molar-refractivity contribution in [2.45, 2.75) is 12.8 Å². The number of aliphatic carboxylic acids is 1. The van der Waals surface area contributed by atoms with Crippen molar-refractivity contribution in [2.75, 3.05) is 0 Å². The highest BCUT2D eigenvalue weighted by Crippen LogP contribution is 2.26. The van der Waals surface area contributed by atoms with Crippen LogP contribution < -0.4 is 4.74 Å². The van der Waals surface area contributed by atoms with E-state index >= 15 is 0 Å². The van der Waals surface area contributed by atoms with Crippen LogP contribution in [0.15, 0.2) is 48.8 Å². The van der Waals surface area contributed by atoms with Crippen LogP contribution in [-0.2, 0) is 22.4 Å². The number of esters is 1. The fourth-order valence-electron chi connectivity index (χ4n) is 3.17. The van der Waals surface area contributed by atoms with Crippen LogP contribution in [0.1, 0.15) is 11.1 Å². The summed E-state index contributed by atoms with van der Waals surface area (Å²) in [5.41, 5.74) is 2.95. The molecule has 0 atom stereocenters. The molecule has 0 amide bonds. The molecule has 0 aliphatic rings. The molecule has 0 bridgehead atoms. The average molecular weight is 364 g/mol. The Hall–Kier alpha value is -3.74. The van der Waals surface area contributed by atoms with Gasteiger partial charge in [-0.1, -0.05) is 0 Å². The second-order valence-corrected chi connectivity index (χ2v) is 6.29. The Labute approximate surface area is 153 Å². The number of phenolic OH excluding ortho intramolecular Hbond substituents is 1. The number of carbonyl (C=O) groups excluding carboxylic acids is 1. The summed E-state index contributed by atoms with van der Waals surface area (Å²) < 4.78 is 5.43. The Bertz CT molecular complexity index is 1170. The highest BCUT2D eigenvalue weighted by Gasteiger charge is 2.13. The molecular weight excluding hydrogens is 348 g/mol. The third kappa shape index (κ3) is 3.35. The number of aromatic hydroxyl groups is 1. The SMILES string of the molecule is O=C(O)Cc1c[nH]c2ccc(OC(=O)Cc3c[nH]c4ccc(O)cc34)cc12. The second kappa shape index (κ2) is 6.53. The first kappa shape index (κ1) is 16.7. The minimum Gasteiger partial charge on any atom is -0.508 e. The van der Waals surface area contributed by atoms with Gasteiger partial charge in [-0.25, -0.2) is 0 Å². The van der Waals surface area contributed by atoms with Gasteiger partial charge >= 0.3 is 11.9 Å². The van der Waals surface area contributed by atoms with Gasteiger partial charge in [0.25, 0.3) is 0 Å². The highest BCUT2D eigenvalue weighted by molar-refractivity contribution is 5.90. The second-order valence-electron chi connectivity index (χ2n) is 6.29. The third-order valence-electron chi connectivity index (χ3n) is 4.40. The van der Waals surface area contributed by atoms with Crippen molar-refractivity contribution in [3.05, 3.63) is 59.9 Å². The number of aromatic nitrogens is 2. The summed E-state index contributed by atoms with van der Waals surface area (Å²) in [5.74, 6) is -0.906. The molecule has 4 aromatic rings. The van der Waals surface area contributed by atoms with Gasteiger partial charge in [-0.2, -0.15) is 0 Å². The summed E-state index contributed by atoms with van der Waals surface area (Å²) in [6, 6.07) is 9.96. The summed E-state index contributed by atoms with van der Waals surface area (Å²) in [6.07, 6.45) is 3.28. The maximum atomic E-state index is 12.3. The van der Waals surface area contributed by atoms with Gasteiger partial charge in [0.15, 0.2) is 0 Å². The molecule has 27 heavy (non-hydrogen) atoms. The molecule has 0 spiro atoms. The quantitative estimate of drug-likeness (QED) is 0.321. The van der Waals surface area contributed by atoms with Crippen molar-refractivity contribution < 1.29 is 24.5 Å². The van der Waals surface area contributed by atoms with Crippen molar-refractivity contribution in [2.24, 2.45) is 0 Å². The molecule has 0 radical (unpaired) electrons. The van der Waals surface area contributed by atoms with Gasteiger partial charge in [-0.3, -0.25) is 9.59 Å². The van der Waals surface area contributed by atoms with Crippen LogP contribution in [0.2, 0.25) is 0 Å². The molecule has 7 nitrogen and oxygen atoms in total. The Morgan fingerprint density at radius 3 is 2.22 bits per heavy atom. The van der Waals surface area contributed by atoms with E-state index in [0.29, 0.717) is 16.7 Å². The highest BCUT2D eigenvalue weighted by atomic mass is 16.5. The lowest BCUT2D eigenvalue weighted by atomic mass is 10.1. The number of fused-ring (bicyclic) bond motifs is 2. The lowest BCUT2D eigenvalue weighted by Gasteiger charge is -2.05. The van der Waals surface area contributed by atoms with Crippen molar-refractivity contribution in [3.63, 3.8) is 0 Å². The number of aromatic amines is 2. The number of hydrogen-bond donors (Lipinski definition) is 4. The van der Waals surface area contributed by atoms with E-state index in [1.165, 1.54) is 0 Å². The number of benzene rings is 2. The van der Waals surface area contributed by atoms with E-state index in [9.17, 15) is 14.7 Å². The minimum atomic E-state index is -0.930. The molecule has 2 aromatic heterocycles. The fraction of sp³-hybridized carbons (Fsp3) is 0.100. The van der Waals surface area contributed by atoms with E-state index in [0.717, 1.165) is 22.0 Å². The number of carbonyl (C=O) groups is 2. The maximum Gasteiger partial charge on any atom is 0.315 e. The van der Waals surface area contributed by atoms with Gasteiger partial charge < -0.3 is 24.9 Å². The first-order valence-electron chi connectivity index (χ1n) is 8.31. The molecule has 0 aliphatic carbocycles. The molecule has 0 aliphatic heterocycles. The number of rotatable bonds is 5. The molecule has 4 rings (SSSR count). The van der Waals surface area contributed by atoms with Crippen LogP contribution in [0.5, 0.6) is 11.5 Å². The van der Waals surface area contributed by atoms with Crippen LogP contribution in [0, 0.1) is 0 Å². The Balaban J connectivity index is 1.55. The lowest BCUT2D eigenvalue weighted by molar-refractivity contribution is -0.136. The Morgan fingerprint density at radius 2 is 1.52 bits per heavy atom. The van der Waals surface area contributed by atoms with E-state index in [2.05, 4.69) is 9.97 Å². The lowest BCUT2D eigenvalue weighted by Crippen LogP contribution is -2.11. The molecule has 0 saturated heterocycles. The van der Waals surface area contributed by atoms with E-state index < -0.39 is 11.9 Å². The molecule has 4 N–H and O–H groups in total. The van der Waals surface area contributed by atoms with Crippen molar-refractivity contribution in [1.29, 1.82) is 0 Å². The van der Waals surface area contributed by atoms with Crippen molar-refractivity contribution in [1.82, 2.24) is 9.97 Å². The zero-order valence-corrected chi connectivity index (χ0v) is 14.2. The minimum absolute atomic E-state index is 0.0383. The standard InChI is InChI=1S/C20H16N2O5/c23-13-1-3-17-15(7-13)12(10-22-17)6-20(26)27-14-2-4-18-16(8-14)11(9-21-18)5-19(24)25/h1-4,7-10,21-23H,5-6H2,(H,24,25). The molecule has 0 unspecified atom stereocenters. The van der Waals surface area contributed by atoms with E-state index in [1.807, 2.05) is 0 Å². The molecule has 7 heteroatoms. The normalized spacial score (nSPS) is 11.1. The van der Waals surface area contributed by atoms with Crippen LogP contribution in [0.25, 0.3) is 21.8 Å². The van der Waals surface area contributed by atoms with Crippen LogP contribution in [0.4, 0.5) is 0 Å². The maximum absolute atomic E-state index is 12.3. The van der Waals surface area contributed by atoms with Crippen LogP contribution in [-0.4, -0.2) is 32.1 Å². The summed E-state index contributed by atoms with van der Waals surface area (Å²) in [7, 11) is 0. The molecule has 0 fully saturated rings. The Kier molecular flexibility index (Phi) is 4.04. The van der Waals surface area contributed by atoms with E-state index in [4.69, 9.17) is 9.84 Å². The summed E-state index contributed by atoms with van der Waals surface area (Å²) in [4.78, 5) is 29.4. The Morgan fingerprint density at radius 1 is 0.889 bits per heavy atom. The number of hydrogen-bond acceptors (Lipinski definition) is 4. The largest absolute Gasteiger partial charge is 0.508 e. The van der Waals surface area contributed by atoms with Gasteiger partial charge in [-0.05, 0) is 47.5 Å².